The molecule has 0 aliphatic rings. The minimum absolute atomic E-state index is 0.184. The van der Waals surface area contributed by atoms with Crippen molar-refractivity contribution in [2.45, 2.75) is 19.9 Å². The molecule has 0 saturated carbocycles. The van der Waals surface area contributed by atoms with Crippen LogP contribution >= 0.6 is 22.6 Å². The van der Waals surface area contributed by atoms with Crippen molar-refractivity contribution in [2.75, 3.05) is 0 Å². The Hall–Kier alpha value is -1.63. The van der Waals surface area contributed by atoms with Crippen LogP contribution in [-0.4, -0.2) is 14.7 Å². The summed E-state index contributed by atoms with van der Waals surface area (Å²) >= 11 is 2.20. The van der Waals surface area contributed by atoms with Crippen LogP contribution in [-0.2, 0) is 6.54 Å². The van der Waals surface area contributed by atoms with Crippen molar-refractivity contribution >= 4 is 33.6 Å². The Bertz CT molecular complexity index is 813. The zero-order chi connectivity index (χ0) is 15.0. The molecule has 3 aromatic rings. The Morgan fingerprint density at radius 1 is 1.24 bits per heavy atom. The van der Waals surface area contributed by atoms with E-state index in [-0.39, 0.29) is 11.6 Å². The Morgan fingerprint density at radius 3 is 2.81 bits per heavy atom. The molecule has 1 aromatic heterocycles. The van der Waals surface area contributed by atoms with E-state index in [0.717, 1.165) is 22.1 Å². The highest BCUT2D eigenvalue weighted by molar-refractivity contribution is 14.1. The number of aryl methyl sites for hydroxylation is 1. The van der Waals surface area contributed by atoms with Gasteiger partial charge in [-0.1, -0.05) is 6.92 Å². The van der Waals surface area contributed by atoms with Crippen molar-refractivity contribution in [1.29, 1.82) is 0 Å². The predicted octanol–water partition coefficient (Wildman–Crippen LogP) is 4.56. The SMILES string of the molecule is CCCn1c(-c2cc(I)ccc2O)nc2cc(F)ccc21. The molecule has 2 aromatic carbocycles. The number of benzene rings is 2. The lowest BCUT2D eigenvalue weighted by Crippen LogP contribution is -2.00. The number of aromatic nitrogens is 2. The summed E-state index contributed by atoms with van der Waals surface area (Å²) in [7, 11) is 0. The summed E-state index contributed by atoms with van der Waals surface area (Å²) in [4.78, 5) is 4.52. The van der Waals surface area contributed by atoms with Gasteiger partial charge in [-0.3, -0.25) is 0 Å². The third-order valence-electron chi connectivity index (χ3n) is 3.36. The third kappa shape index (κ3) is 2.62. The van der Waals surface area contributed by atoms with Crippen LogP contribution < -0.4 is 0 Å². The molecule has 0 unspecified atom stereocenters. The first-order valence-corrected chi connectivity index (χ1v) is 7.82. The second-order valence-corrected chi connectivity index (χ2v) is 6.13. The van der Waals surface area contributed by atoms with Crippen LogP contribution in [0.3, 0.4) is 0 Å². The number of rotatable bonds is 3. The fourth-order valence-corrected chi connectivity index (χ4v) is 2.94. The molecule has 0 aliphatic carbocycles. The number of imidazole rings is 1. The molecule has 1 N–H and O–H groups in total. The number of hydrogen-bond donors (Lipinski definition) is 1. The van der Waals surface area contributed by atoms with Gasteiger partial charge in [-0.15, -0.1) is 0 Å². The lowest BCUT2D eigenvalue weighted by Gasteiger charge is -2.09. The molecule has 0 saturated heterocycles. The van der Waals surface area contributed by atoms with Crippen molar-refractivity contribution in [3.05, 3.63) is 45.8 Å². The van der Waals surface area contributed by atoms with E-state index in [0.29, 0.717) is 16.9 Å². The van der Waals surface area contributed by atoms with Gasteiger partial charge in [0.25, 0.3) is 0 Å². The van der Waals surface area contributed by atoms with E-state index in [1.807, 2.05) is 16.7 Å². The zero-order valence-electron chi connectivity index (χ0n) is 11.5. The van der Waals surface area contributed by atoms with Gasteiger partial charge >= 0.3 is 0 Å². The first-order valence-electron chi connectivity index (χ1n) is 6.75. The fourth-order valence-electron chi connectivity index (χ4n) is 2.45. The highest BCUT2D eigenvalue weighted by atomic mass is 127. The van der Waals surface area contributed by atoms with E-state index in [2.05, 4.69) is 34.5 Å². The van der Waals surface area contributed by atoms with Gasteiger partial charge in [0.1, 0.15) is 17.4 Å². The van der Waals surface area contributed by atoms with Gasteiger partial charge in [-0.2, -0.15) is 0 Å². The van der Waals surface area contributed by atoms with Gasteiger partial charge in [0.2, 0.25) is 0 Å². The second-order valence-electron chi connectivity index (χ2n) is 4.88. The Labute approximate surface area is 135 Å². The monoisotopic (exact) mass is 396 g/mol. The Morgan fingerprint density at radius 2 is 2.05 bits per heavy atom. The van der Waals surface area contributed by atoms with Crippen LogP contribution in [0.25, 0.3) is 22.4 Å². The van der Waals surface area contributed by atoms with E-state index >= 15 is 0 Å². The minimum Gasteiger partial charge on any atom is -0.507 e. The van der Waals surface area contributed by atoms with Crippen LogP contribution in [0.2, 0.25) is 0 Å². The average Bonchev–Trinajstić information content (AvgIpc) is 2.80. The molecule has 3 rings (SSSR count). The molecule has 0 bridgehead atoms. The van der Waals surface area contributed by atoms with Crippen LogP contribution in [0.15, 0.2) is 36.4 Å². The van der Waals surface area contributed by atoms with Crippen molar-refractivity contribution in [1.82, 2.24) is 9.55 Å². The normalized spacial score (nSPS) is 11.2. The zero-order valence-corrected chi connectivity index (χ0v) is 13.6. The Kier molecular flexibility index (Phi) is 3.84. The van der Waals surface area contributed by atoms with Crippen LogP contribution in [0.4, 0.5) is 4.39 Å². The van der Waals surface area contributed by atoms with Gasteiger partial charge in [0, 0.05) is 16.2 Å². The van der Waals surface area contributed by atoms with E-state index < -0.39 is 0 Å². The maximum Gasteiger partial charge on any atom is 0.144 e. The maximum absolute atomic E-state index is 13.4. The number of phenolic OH excluding ortho intramolecular Hbond substituents is 1. The van der Waals surface area contributed by atoms with Crippen molar-refractivity contribution in [3.63, 3.8) is 0 Å². The molecule has 21 heavy (non-hydrogen) atoms. The van der Waals surface area contributed by atoms with Crippen LogP contribution in [0.5, 0.6) is 5.75 Å². The quantitative estimate of drug-likeness (QED) is 0.660. The molecule has 0 radical (unpaired) electrons. The largest absolute Gasteiger partial charge is 0.507 e. The number of nitrogens with zero attached hydrogens (tertiary/aromatic N) is 2. The Balaban J connectivity index is 2.30. The van der Waals surface area contributed by atoms with E-state index in [1.54, 1.807) is 12.1 Å². The molecular formula is C16H14FIN2O. The summed E-state index contributed by atoms with van der Waals surface area (Å²) in [5.74, 6) is 0.555. The van der Waals surface area contributed by atoms with E-state index in [4.69, 9.17) is 0 Å². The number of halogens is 2. The lowest BCUT2D eigenvalue weighted by atomic mass is 10.2. The first-order chi connectivity index (χ1) is 10.1. The first kappa shape index (κ1) is 14.3. The lowest BCUT2D eigenvalue weighted by molar-refractivity contribution is 0.476. The average molecular weight is 396 g/mol. The maximum atomic E-state index is 13.4. The number of aromatic hydroxyl groups is 1. The molecular weight excluding hydrogens is 382 g/mol. The second kappa shape index (κ2) is 5.63. The predicted molar refractivity (Wildman–Crippen MR) is 89.8 cm³/mol. The number of fused-ring (bicyclic) bond motifs is 1. The van der Waals surface area contributed by atoms with Crippen molar-refractivity contribution in [2.24, 2.45) is 0 Å². The molecule has 0 aliphatic heterocycles. The van der Waals surface area contributed by atoms with Gasteiger partial charge in [-0.25, -0.2) is 9.37 Å². The van der Waals surface area contributed by atoms with Gasteiger partial charge in [0.15, 0.2) is 0 Å². The highest BCUT2D eigenvalue weighted by Gasteiger charge is 2.16. The third-order valence-corrected chi connectivity index (χ3v) is 4.03. The molecule has 1 heterocycles. The molecule has 0 amide bonds. The summed E-state index contributed by atoms with van der Waals surface area (Å²) in [5.41, 5.74) is 2.16. The molecule has 0 atom stereocenters. The molecule has 108 valence electrons. The van der Waals surface area contributed by atoms with Crippen molar-refractivity contribution < 1.29 is 9.50 Å². The smallest absolute Gasteiger partial charge is 0.144 e. The van der Waals surface area contributed by atoms with Gasteiger partial charge in [0.05, 0.1) is 16.6 Å². The summed E-state index contributed by atoms with van der Waals surface area (Å²) in [6, 6.07) is 9.99. The molecule has 3 nitrogen and oxygen atoms in total. The summed E-state index contributed by atoms with van der Waals surface area (Å²) in [6.45, 7) is 2.84. The minimum atomic E-state index is -0.304. The molecule has 5 heteroatoms. The summed E-state index contributed by atoms with van der Waals surface area (Å²) in [5, 5.41) is 10.1. The summed E-state index contributed by atoms with van der Waals surface area (Å²) in [6.07, 6.45) is 0.931. The van der Waals surface area contributed by atoms with Crippen molar-refractivity contribution in [3.8, 4) is 17.1 Å². The van der Waals surface area contributed by atoms with E-state index in [9.17, 15) is 9.50 Å². The molecule has 0 spiro atoms. The van der Waals surface area contributed by atoms with Gasteiger partial charge in [-0.05, 0) is 59.3 Å². The van der Waals surface area contributed by atoms with Gasteiger partial charge < -0.3 is 9.67 Å². The molecule has 0 fully saturated rings. The standard InChI is InChI=1S/C16H14FIN2O/c1-2-7-20-14-5-3-10(17)8-13(14)19-16(20)12-9-11(18)4-6-15(12)21/h3-6,8-9,21H,2,7H2,1H3. The van der Waals surface area contributed by atoms with E-state index in [1.165, 1.54) is 12.1 Å². The highest BCUT2D eigenvalue weighted by Crippen LogP contribution is 2.32. The van der Waals surface area contributed by atoms with Crippen LogP contribution in [0, 0.1) is 9.39 Å². The van der Waals surface area contributed by atoms with Crippen LogP contribution in [0.1, 0.15) is 13.3 Å². The number of hydrogen-bond acceptors (Lipinski definition) is 2. The topological polar surface area (TPSA) is 38.0 Å². The summed E-state index contributed by atoms with van der Waals surface area (Å²) < 4.78 is 16.5. The number of phenols is 1. The fraction of sp³-hybridized carbons (Fsp3) is 0.188.